The van der Waals surface area contributed by atoms with Crippen LogP contribution in [-0.4, -0.2) is 15.1 Å². The van der Waals surface area contributed by atoms with Gasteiger partial charge in [-0.3, -0.25) is 0 Å². The average Bonchev–Trinajstić information content (AvgIpc) is 3.17. The molecular weight excluding hydrogens is 324 g/mol. The molecule has 0 amide bonds. The van der Waals surface area contributed by atoms with E-state index in [0.717, 1.165) is 22.5 Å². The summed E-state index contributed by atoms with van der Waals surface area (Å²) in [7, 11) is 0. The Bertz CT molecular complexity index is 1010. The lowest BCUT2D eigenvalue weighted by molar-refractivity contribution is 0.432. The van der Waals surface area contributed by atoms with E-state index in [-0.39, 0.29) is 0 Å². The second kappa shape index (κ2) is 7.19. The first-order valence-electron chi connectivity index (χ1n) is 8.43. The van der Waals surface area contributed by atoms with E-state index in [9.17, 15) is 0 Å². The van der Waals surface area contributed by atoms with Crippen molar-refractivity contribution in [3.8, 4) is 22.8 Å². The van der Waals surface area contributed by atoms with Gasteiger partial charge in [0.05, 0.1) is 5.56 Å². The molecule has 2 heterocycles. The fourth-order valence-electron chi connectivity index (χ4n) is 2.73. The smallest absolute Gasteiger partial charge is 0.261 e. The molecule has 0 atom stereocenters. The summed E-state index contributed by atoms with van der Waals surface area (Å²) in [4.78, 5) is 8.98. The lowest BCUT2D eigenvalue weighted by Gasteiger charge is -2.08. The van der Waals surface area contributed by atoms with Gasteiger partial charge in [-0.25, -0.2) is 4.98 Å². The van der Waals surface area contributed by atoms with Crippen molar-refractivity contribution < 1.29 is 4.52 Å². The third kappa shape index (κ3) is 3.47. The van der Waals surface area contributed by atoms with Crippen LogP contribution in [0, 0.1) is 6.92 Å². The average molecular weight is 342 g/mol. The Morgan fingerprint density at radius 3 is 2.69 bits per heavy atom. The summed E-state index contributed by atoms with van der Waals surface area (Å²) < 4.78 is 5.50. The van der Waals surface area contributed by atoms with Gasteiger partial charge in [0.15, 0.2) is 0 Å². The third-order valence-electron chi connectivity index (χ3n) is 4.04. The van der Waals surface area contributed by atoms with E-state index in [4.69, 9.17) is 4.52 Å². The highest BCUT2D eigenvalue weighted by molar-refractivity contribution is 5.70. The van der Waals surface area contributed by atoms with Gasteiger partial charge in [0.2, 0.25) is 5.82 Å². The minimum Gasteiger partial charge on any atom is -0.365 e. The quantitative estimate of drug-likeness (QED) is 0.568. The third-order valence-corrected chi connectivity index (χ3v) is 4.04. The number of nitrogens with one attached hydrogen (secondary N) is 1. The van der Waals surface area contributed by atoms with E-state index < -0.39 is 0 Å². The van der Waals surface area contributed by atoms with Gasteiger partial charge >= 0.3 is 0 Å². The van der Waals surface area contributed by atoms with Crippen molar-refractivity contribution in [2.45, 2.75) is 13.5 Å². The number of pyridine rings is 1. The van der Waals surface area contributed by atoms with Gasteiger partial charge in [0, 0.05) is 18.3 Å². The molecule has 0 radical (unpaired) electrons. The van der Waals surface area contributed by atoms with E-state index in [1.807, 2.05) is 61.5 Å². The topological polar surface area (TPSA) is 63.8 Å². The first-order valence-corrected chi connectivity index (χ1v) is 8.43. The molecule has 0 saturated heterocycles. The maximum absolute atomic E-state index is 5.50. The molecule has 0 bridgehead atoms. The molecule has 5 nitrogen and oxygen atoms in total. The lowest BCUT2D eigenvalue weighted by atomic mass is 10.1. The Kier molecular flexibility index (Phi) is 4.43. The number of hydrogen-bond donors (Lipinski definition) is 1. The summed E-state index contributed by atoms with van der Waals surface area (Å²) in [5.74, 6) is 1.74. The molecule has 26 heavy (non-hydrogen) atoms. The molecule has 0 aliphatic rings. The number of aromatic nitrogens is 3. The van der Waals surface area contributed by atoms with Crippen molar-refractivity contribution in [3.05, 3.63) is 84.1 Å². The Balaban J connectivity index is 1.60. The second-order valence-electron chi connectivity index (χ2n) is 6.03. The number of nitrogens with zero attached hydrogens (tertiary/aromatic N) is 3. The Morgan fingerprint density at radius 1 is 0.962 bits per heavy atom. The molecule has 0 saturated carbocycles. The second-order valence-corrected chi connectivity index (χ2v) is 6.03. The lowest BCUT2D eigenvalue weighted by Crippen LogP contribution is -2.02. The molecule has 0 aliphatic heterocycles. The number of hydrogen-bond acceptors (Lipinski definition) is 5. The van der Waals surface area contributed by atoms with E-state index >= 15 is 0 Å². The van der Waals surface area contributed by atoms with Crippen LogP contribution in [0.25, 0.3) is 22.8 Å². The van der Waals surface area contributed by atoms with Crippen LogP contribution in [0.5, 0.6) is 0 Å². The Morgan fingerprint density at radius 2 is 1.85 bits per heavy atom. The van der Waals surface area contributed by atoms with Crippen LogP contribution in [0.4, 0.5) is 5.82 Å². The zero-order valence-electron chi connectivity index (χ0n) is 14.4. The number of aryl methyl sites for hydroxylation is 1. The van der Waals surface area contributed by atoms with Crippen LogP contribution in [0.3, 0.4) is 0 Å². The largest absolute Gasteiger partial charge is 0.365 e. The molecule has 2 aromatic carbocycles. The minimum absolute atomic E-state index is 0.449. The molecule has 2 aromatic heterocycles. The maximum Gasteiger partial charge on any atom is 0.261 e. The predicted molar refractivity (Wildman–Crippen MR) is 101 cm³/mol. The van der Waals surface area contributed by atoms with Crippen LogP contribution < -0.4 is 5.32 Å². The zero-order chi connectivity index (χ0) is 17.8. The van der Waals surface area contributed by atoms with E-state index in [1.165, 1.54) is 5.56 Å². The van der Waals surface area contributed by atoms with Crippen LogP contribution in [0.1, 0.15) is 11.1 Å². The van der Waals surface area contributed by atoms with Gasteiger partial charge in [0.25, 0.3) is 5.89 Å². The van der Waals surface area contributed by atoms with Crippen molar-refractivity contribution in [2.24, 2.45) is 0 Å². The number of anilines is 1. The first-order chi connectivity index (χ1) is 12.8. The summed E-state index contributed by atoms with van der Waals surface area (Å²) in [5.41, 5.74) is 4.05. The maximum atomic E-state index is 5.50. The van der Waals surface area contributed by atoms with Crippen molar-refractivity contribution in [1.82, 2.24) is 15.1 Å². The van der Waals surface area contributed by atoms with Crippen LogP contribution >= 0.6 is 0 Å². The monoisotopic (exact) mass is 342 g/mol. The predicted octanol–water partition coefficient (Wildman–Crippen LogP) is 4.72. The molecule has 128 valence electrons. The fourth-order valence-corrected chi connectivity index (χ4v) is 2.73. The van der Waals surface area contributed by atoms with Crippen molar-refractivity contribution in [1.29, 1.82) is 0 Å². The van der Waals surface area contributed by atoms with E-state index in [2.05, 4.69) is 32.6 Å². The normalized spacial score (nSPS) is 10.7. The minimum atomic E-state index is 0.449. The summed E-state index contributed by atoms with van der Waals surface area (Å²) in [6.07, 6.45) is 1.74. The highest BCUT2D eigenvalue weighted by Crippen LogP contribution is 2.27. The molecule has 4 aromatic rings. The number of benzene rings is 2. The van der Waals surface area contributed by atoms with Gasteiger partial charge in [-0.15, -0.1) is 0 Å². The zero-order valence-corrected chi connectivity index (χ0v) is 14.4. The molecule has 0 fully saturated rings. The molecule has 0 aliphatic carbocycles. The van der Waals surface area contributed by atoms with Crippen molar-refractivity contribution in [2.75, 3.05) is 5.32 Å². The van der Waals surface area contributed by atoms with Crippen LogP contribution in [0.15, 0.2) is 77.4 Å². The molecule has 1 N–H and O–H groups in total. The molecule has 5 heteroatoms. The summed E-state index contributed by atoms with van der Waals surface area (Å²) in [6.45, 7) is 2.71. The SMILES string of the molecule is Cc1cccc(-c2noc(-c3cccnc3NCc3ccccc3)n2)c1. The summed E-state index contributed by atoms with van der Waals surface area (Å²) in [5, 5.41) is 7.47. The van der Waals surface area contributed by atoms with Gasteiger partial charge in [-0.2, -0.15) is 4.98 Å². The van der Waals surface area contributed by atoms with Crippen LogP contribution in [0.2, 0.25) is 0 Å². The highest BCUT2D eigenvalue weighted by Gasteiger charge is 2.15. The van der Waals surface area contributed by atoms with Gasteiger partial charge in [0.1, 0.15) is 5.82 Å². The van der Waals surface area contributed by atoms with Gasteiger partial charge < -0.3 is 9.84 Å². The van der Waals surface area contributed by atoms with E-state index in [0.29, 0.717) is 18.3 Å². The first kappa shape index (κ1) is 16.0. The Hall–Kier alpha value is -3.47. The molecule has 4 rings (SSSR count). The highest BCUT2D eigenvalue weighted by atomic mass is 16.5. The number of rotatable bonds is 5. The molecular formula is C21H18N4O. The Labute approximate surface area is 151 Å². The van der Waals surface area contributed by atoms with Gasteiger partial charge in [-0.05, 0) is 30.7 Å². The molecule has 0 spiro atoms. The molecule has 0 unspecified atom stereocenters. The van der Waals surface area contributed by atoms with Crippen molar-refractivity contribution in [3.63, 3.8) is 0 Å². The van der Waals surface area contributed by atoms with Gasteiger partial charge in [-0.1, -0.05) is 59.3 Å². The van der Waals surface area contributed by atoms with Crippen molar-refractivity contribution >= 4 is 5.82 Å². The standard InChI is InChI=1S/C21H18N4O/c1-15-7-5-10-17(13-15)19-24-21(26-25-19)18-11-6-12-22-20(18)23-14-16-8-3-2-4-9-16/h2-13H,14H2,1H3,(H,22,23). The van der Waals surface area contributed by atoms with E-state index in [1.54, 1.807) is 6.20 Å². The fraction of sp³-hybridized carbons (Fsp3) is 0.0952. The summed E-state index contributed by atoms with van der Waals surface area (Å²) in [6, 6.07) is 22.0. The van der Waals surface area contributed by atoms with Crippen LogP contribution in [-0.2, 0) is 6.54 Å². The summed E-state index contributed by atoms with van der Waals surface area (Å²) >= 11 is 0.